The molecular formula is C15H18AsN. The fraction of sp³-hybridized carbons (Fsp3) is 0.200. The summed E-state index contributed by atoms with van der Waals surface area (Å²) in [4.78, 5) is 0. The molecule has 88 valence electrons. The van der Waals surface area contributed by atoms with E-state index >= 15 is 0 Å². The van der Waals surface area contributed by atoms with E-state index in [0.29, 0.717) is 0 Å². The molecular weight excluding hydrogens is 269 g/mol. The first-order valence-corrected chi connectivity index (χ1v) is 8.19. The SMILES string of the molecule is CC(C)[AsH]c1ccc(Nc2ccccc2)cc1. The van der Waals surface area contributed by atoms with Crippen molar-refractivity contribution in [3.63, 3.8) is 0 Å². The van der Waals surface area contributed by atoms with Gasteiger partial charge in [0.15, 0.2) is 0 Å². The van der Waals surface area contributed by atoms with Gasteiger partial charge in [0.1, 0.15) is 0 Å². The molecule has 0 aliphatic carbocycles. The molecule has 0 aliphatic rings. The topological polar surface area (TPSA) is 12.0 Å². The summed E-state index contributed by atoms with van der Waals surface area (Å²) in [6, 6.07) is 19.1. The summed E-state index contributed by atoms with van der Waals surface area (Å²) < 4.78 is 2.36. The Morgan fingerprint density at radius 2 is 1.41 bits per heavy atom. The third-order valence-corrected chi connectivity index (χ3v) is 5.01. The van der Waals surface area contributed by atoms with Crippen LogP contribution < -0.4 is 9.67 Å². The molecule has 1 N–H and O–H groups in total. The number of rotatable bonds is 4. The molecule has 0 saturated carbocycles. The molecule has 2 heteroatoms. The molecule has 2 aromatic rings. The molecule has 0 bridgehead atoms. The van der Waals surface area contributed by atoms with E-state index in [4.69, 9.17) is 0 Å². The third kappa shape index (κ3) is 3.94. The van der Waals surface area contributed by atoms with Gasteiger partial charge in [0.25, 0.3) is 0 Å². The van der Waals surface area contributed by atoms with Crippen LogP contribution in [-0.2, 0) is 0 Å². The number of hydrogen-bond donors (Lipinski definition) is 1. The first-order valence-electron chi connectivity index (χ1n) is 5.93. The summed E-state index contributed by atoms with van der Waals surface area (Å²) in [6.45, 7) is 4.60. The molecule has 0 spiro atoms. The zero-order chi connectivity index (χ0) is 12.1. The Kier molecular flexibility index (Phi) is 4.28. The number of para-hydroxylation sites is 1. The van der Waals surface area contributed by atoms with E-state index in [1.807, 2.05) is 18.2 Å². The van der Waals surface area contributed by atoms with Crippen molar-refractivity contribution in [2.75, 3.05) is 5.32 Å². The summed E-state index contributed by atoms with van der Waals surface area (Å²) in [6.07, 6.45) is 0. The van der Waals surface area contributed by atoms with Crippen molar-refractivity contribution in [3.05, 3.63) is 54.6 Å². The third-order valence-electron chi connectivity index (χ3n) is 2.40. The van der Waals surface area contributed by atoms with Gasteiger partial charge in [-0.3, -0.25) is 0 Å². The molecule has 1 unspecified atom stereocenters. The number of nitrogens with one attached hydrogen (secondary N) is 1. The molecule has 0 aliphatic heterocycles. The molecule has 0 radical (unpaired) electrons. The Morgan fingerprint density at radius 3 is 2.00 bits per heavy atom. The van der Waals surface area contributed by atoms with E-state index in [2.05, 4.69) is 55.6 Å². The van der Waals surface area contributed by atoms with Crippen molar-refractivity contribution in [2.45, 2.75) is 18.6 Å². The van der Waals surface area contributed by atoms with Crippen LogP contribution >= 0.6 is 0 Å². The van der Waals surface area contributed by atoms with Crippen LogP contribution in [0.5, 0.6) is 0 Å². The van der Waals surface area contributed by atoms with Gasteiger partial charge in [0, 0.05) is 0 Å². The van der Waals surface area contributed by atoms with Crippen LogP contribution in [0.2, 0.25) is 4.71 Å². The van der Waals surface area contributed by atoms with Crippen molar-refractivity contribution in [1.29, 1.82) is 0 Å². The van der Waals surface area contributed by atoms with Crippen LogP contribution in [0.25, 0.3) is 0 Å². The first-order chi connectivity index (χ1) is 8.24. The van der Waals surface area contributed by atoms with Gasteiger partial charge >= 0.3 is 110 Å². The van der Waals surface area contributed by atoms with E-state index < -0.39 is 0 Å². The Labute approximate surface area is 110 Å². The fourth-order valence-electron chi connectivity index (χ4n) is 1.67. The maximum absolute atomic E-state index is 3.40. The predicted molar refractivity (Wildman–Crippen MR) is 78.0 cm³/mol. The number of anilines is 2. The van der Waals surface area contributed by atoms with Crippen LogP contribution in [-0.4, -0.2) is 15.8 Å². The zero-order valence-corrected chi connectivity index (χ0v) is 12.4. The number of benzene rings is 2. The van der Waals surface area contributed by atoms with Crippen molar-refractivity contribution in [3.8, 4) is 0 Å². The zero-order valence-electron chi connectivity index (χ0n) is 10.3. The van der Waals surface area contributed by atoms with Gasteiger partial charge in [0.2, 0.25) is 0 Å². The van der Waals surface area contributed by atoms with Gasteiger partial charge in [0.05, 0.1) is 0 Å². The molecule has 2 rings (SSSR count). The summed E-state index contributed by atoms with van der Waals surface area (Å²) >= 11 is 0.0327. The van der Waals surface area contributed by atoms with Gasteiger partial charge < -0.3 is 0 Å². The molecule has 0 amide bonds. The van der Waals surface area contributed by atoms with Gasteiger partial charge in [-0.1, -0.05) is 0 Å². The Bertz CT molecular complexity index is 448. The molecule has 1 atom stereocenters. The summed E-state index contributed by atoms with van der Waals surface area (Å²) in [5.41, 5.74) is 2.30. The second-order valence-corrected chi connectivity index (χ2v) is 8.61. The predicted octanol–water partition coefficient (Wildman–Crippen LogP) is 3.32. The van der Waals surface area contributed by atoms with Gasteiger partial charge in [-0.25, -0.2) is 0 Å². The maximum atomic E-state index is 3.40. The molecule has 2 aromatic carbocycles. The van der Waals surface area contributed by atoms with Crippen LogP contribution in [0.1, 0.15) is 13.8 Å². The monoisotopic (exact) mass is 287 g/mol. The first kappa shape index (κ1) is 12.3. The standard InChI is InChI=1S/C15H18AsN/c1-12(2)16-13-8-10-15(11-9-13)17-14-6-4-3-5-7-14/h3-12,16-17H,1-2H3. The van der Waals surface area contributed by atoms with E-state index in [9.17, 15) is 0 Å². The summed E-state index contributed by atoms with van der Waals surface area (Å²) in [7, 11) is 0. The molecule has 17 heavy (non-hydrogen) atoms. The Balaban J connectivity index is 2.03. The van der Waals surface area contributed by atoms with E-state index in [0.717, 1.165) is 16.1 Å². The van der Waals surface area contributed by atoms with Crippen LogP contribution in [0.3, 0.4) is 0 Å². The Morgan fingerprint density at radius 1 is 0.824 bits per heavy atom. The van der Waals surface area contributed by atoms with Crippen LogP contribution in [0.4, 0.5) is 11.4 Å². The number of hydrogen-bond acceptors (Lipinski definition) is 1. The van der Waals surface area contributed by atoms with E-state index in [1.165, 1.54) is 4.35 Å². The Hall–Kier alpha value is -1.20. The average molecular weight is 287 g/mol. The van der Waals surface area contributed by atoms with Crippen molar-refractivity contribution in [2.24, 2.45) is 0 Å². The normalized spacial score (nSPS) is 11.2. The quantitative estimate of drug-likeness (QED) is 0.851. The van der Waals surface area contributed by atoms with Crippen LogP contribution in [0, 0.1) is 0 Å². The summed E-state index contributed by atoms with van der Waals surface area (Å²) in [5.74, 6) is 0. The molecule has 0 saturated heterocycles. The fourth-order valence-corrected chi connectivity index (χ4v) is 3.82. The second-order valence-electron chi connectivity index (χ2n) is 4.37. The van der Waals surface area contributed by atoms with E-state index in [1.54, 1.807) is 0 Å². The average Bonchev–Trinajstić information content (AvgIpc) is 2.32. The van der Waals surface area contributed by atoms with Crippen molar-refractivity contribution >= 4 is 31.5 Å². The second kappa shape index (κ2) is 5.93. The van der Waals surface area contributed by atoms with Gasteiger partial charge in [-0.05, 0) is 0 Å². The van der Waals surface area contributed by atoms with Gasteiger partial charge in [-0.15, -0.1) is 0 Å². The van der Waals surface area contributed by atoms with Crippen molar-refractivity contribution in [1.82, 2.24) is 0 Å². The molecule has 0 fully saturated rings. The minimum absolute atomic E-state index is 0.0327. The molecule has 0 aromatic heterocycles. The minimum atomic E-state index is 0.0327. The van der Waals surface area contributed by atoms with Crippen molar-refractivity contribution < 1.29 is 0 Å². The molecule has 0 heterocycles. The van der Waals surface area contributed by atoms with E-state index in [-0.39, 0.29) is 15.8 Å². The summed E-state index contributed by atoms with van der Waals surface area (Å²) in [5, 5.41) is 3.40. The molecule has 1 nitrogen and oxygen atoms in total. The van der Waals surface area contributed by atoms with Gasteiger partial charge in [-0.2, -0.15) is 0 Å². The van der Waals surface area contributed by atoms with Crippen LogP contribution in [0.15, 0.2) is 54.6 Å².